The van der Waals surface area contributed by atoms with Gasteiger partial charge in [0.25, 0.3) is 11.9 Å². The summed E-state index contributed by atoms with van der Waals surface area (Å²) >= 11 is 6.17. The number of oxazole rings is 1. The molecule has 3 aliphatic rings. The van der Waals surface area contributed by atoms with Crippen LogP contribution >= 0.6 is 11.6 Å². The number of hydrogen-bond donors (Lipinski definition) is 1. The molecular weight excluding hydrogens is 328 g/mol. The molecule has 1 amide bonds. The van der Waals surface area contributed by atoms with Crippen molar-refractivity contribution in [2.45, 2.75) is 18.9 Å². The van der Waals surface area contributed by atoms with Gasteiger partial charge in [-0.3, -0.25) is 4.79 Å². The second kappa shape index (κ2) is 5.93. The van der Waals surface area contributed by atoms with Gasteiger partial charge in [0.1, 0.15) is 5.52 Å². The first-order chi connectivity index (χ1) is 11.5. The van der Waals surface area contributed by atoms with Crippen molar-refractivity contribution in [3.8, 4) is 0 Å². The molecule has 0 radical (unpaired) electrons. The molecule has 1 aromatic carbocycles. The minimum Gasteiger partial charge on any atom is -0.423 e. The van der Waals surface area contributed by atoms with Gasteiger partial charge < -0.3 is 19.5 Å². The van der Waals surface area contributed by atoms with Crippen molar-refractivity contribution in [1.82, 2.24) is 15.2 Å². The SMILES string of the molecule is CN(C)c1nc2c(C(=O)NC3CN4CCC3CC4)cc(Cl)cc2o1. The lowest BCUT2D eigenvalue weighted by Gasteiger charge is -2.44. The molecule has 2 bridgehead atoms. The quantitative estimate of drug-likeness (QED) is 0.922. The molecule has 0 spiro atoms. The molecule has 1 unspecified atom stereocenters. The minimum absolute atomic E-state index is 0.125. The van der Waals surface area contributed by atoms with Gasteiger partial charge in [0.15, 0.2) is 5.58 Å². The summed E-state index contributed by atoms with van der Waals surface area (Å²) in [4.78, 5) is 21.5. The molecule has 1 aromatic heterocycles. The Labute approximate surface area is 145 Å². The van der Waals surface area contributed by atoms with Crippen LogP contribution in [-0.2, 0) is 0 Å². The van der Waals surface area contributed by atoms with Gasteiger partial charge in [0.2, 0.25) is 0 Å². The lowest BCUT2D eigenvalue weighted by Crippen LogP contribution is -2.57. The Hall–Kier alpha value is -1.79. The Kier molecular flexibility index (Phi) is 3.89. The molecule has 128 valence electrons. The Morgan fingerprint density at radius 1 is 1.38 bits per heavy atom. The zero-order valence-corrected chi connectivity index (χ0v) is 14.6. The summed E-state index contributed by atoms with van der Waals surface area (Å²) in [6.45, 7) is 3.23. The highest BCUT2D eigenvalue weighted by Crippen LogP contribution is 2.30. The summed E-state index contributed by atoms with van der Waals surface area (Å²) in [5.41, 5.74) is 1.57. The summed E-state index contributed by atoms with van der Waals surface area (Å²) in [6, 6.07) is 4.03. The fourth-order valence-electron chi connectivity index (χ4n) is 3.72. The van der Waals surface area contributed by atoms with Gasteiger partial charge in [-0.05, 0) is 37.9 Å². The van der Waals surface area contributed by atoms with Gasteiger partial charge in [-0.1, -0.05) is 11.6 Å². The Morgan fingerprint density at radius 2 is 2.12 bits per heavy atom. The van der Waals surface area contributed by atoms with Gasteiger partial charge in [-0.2, -0.15) is 4.98 Å². The van der Waals surface area contributed by atoms with Crippen LogP contribution in [0.4, 0.5) is 6.01 Å². The average Bonchev–Trinajstić information content (AvgIpc) is 2.99. The summed E-state index contributed by atoms with van der Waals surface area (Å²) in [5, 5.41) is 3.66. The normalized spacial score (nSPS) is 25.9. The predicted octanol–water partition coefficient (Wildman–Crippen LogP) is 2.37. The first kappa shape index (κ1) is 15.7. The number of piperidine rings is 3. The smallest absolute Gasteiger partial charge is 0.297 e. The van der Waals surface area contributed by atoms with Gasteiger partial charge >= 0.3 is 0 Å². The van der Waals surface area contributed by atoms with E-state index in [-0.39, 0.29) is 11.9 Å². The highest BCUT2D eigenvalue weighted by atomic mass is 35.5. The number of anilines is 1. The average molecular weight is 349 g/mol. The van der Waals surface area contributed by atoms with Gasteiger partial charge in [0.05, 0.1) is 5.56 Å². The monoisotopic (exact) mass is 348 g/mol. The number of amides is 1. The highest BCUT2D eigenvalue weighted by Gasteiger charge is 2.35. The Bertz CT molecular complexity index is 780. The van der Waals surface area contributed by atoms with Gasteiger partial charge in [0, 0.05) is 37.8 Å². The summed E-state index contributed by atoms with van der Waals surface area (Å²) in [7, 11) is 3.69. The number of carbonyl (C=O) groups is 1. The first-order valence-corrected chi connectivity index (χ1v) is 8.69. The lowest BCUT2D eigenvalue weighted by atomic mass is 9.84. The van der Waals surface area contributed by atoms with E-state index in [4.69, 9.17) is 16.0 Å². The summed E-state index contributed by atoms with van der Waals surface area (Å²) in [5.74, 6) is 0.447. The maximum absolute atomic E-state index is 12.9. The number of hydrogen-bond acceptors (Lipinski definition) is 5. The topological polar surface area (TPSA) is 61.6 Å². The molecule has 24 heavy (non-hydrogen) atoms. The second-order valence-electron chi connectivity index (χ2n) is 6.91. The molecule has 2 aromatic rings. The zero-order chi connectivity index (χ0) is 16.8. The van der Waals surface area contributed by atoms with E-state index in [1.165, 1.54) is 0 Å². The molecule has 1 N–H and O–H groups in total. The third-order valence-corrected chi connectivity index (χ3v) is 5.27. The van der Waals surface area contributed by atoms with Crippen LogP contribution in [0, 0.1) is 5.92 Å². The largest absolute Gasteiger partial charge is 0.423 e. The number of rotatable bonds is 3. The number of benzene rings is 1. The van der Waals surface area contributed by atoms with Gasteiger partial charge in [-0.25, -0.2) is 0 Å². The van der Waals surface area contributed by atoms with Crippen molar-refractivity contribution < 1.29 is 9.21 Å². The van der Waals surface area contributed by atoms with E-state index in [2.05, 4.69) is 15.2 Å². The molecular formula is C17H21ClN4O2. The minimum atomic E-state index is -0.125. The summed E-state index contributed by atoms with van der Waals surface area (Å²) < 4.78 is 5.68. The van der Waals surface area contributed by atoms with E-state index >= 15 is 0 Å². The number of halogens is 1. The number of aromatic nitrogens is 1. The number of carbonyl (C=O) groups excluding carboxylic acids is 1. The molecule has 5 rings (SSSR count). The molecule has 0 aliphatic carbocycles. The van der Waals surface area contributed by atoms with E-state index in [1.807, 2.05) is 14.1 Å². The molecule has 6 nitrogen and oxygen atoms in total. The van der Waals surface area contributed by atoms with Crippen molar-refractivity contribution in [2.24, 2.45) is 5.92 Å². The predicted molar refractivity (Wildman–Crippen MR) is 93.8 cm³/mol. The molecule has 3 saturated heterocycles. The van der Waals surface area contributed by atoms with E-state index in [0.29, 0.717) is 33.6 Å². The van der Waals surface area contributed by atoms with Crippen molar-refractivity contribution in [2.75, 3.05) is 38.6 Å². The van der Waals surface area contributed by atoms with Crippen LogP contribution in [0.1, 0.15) is 23.2 Å². The van der Waals surface area contributed by atoms with Crippen LogP contribution in [0.5, 0.6) is 0 Å². The van der Waals surface area contributed by atoms with Crippen LogP contribution in [0.15, 0.2) is 16.5 Å². The molecule has 0 saturated carbocycles. The molecule has 7 heteroatoms. The van der Waals surface area contributed by atoms with E-state index < -0.39 is 0 Å². The Morgan fingerprint density at radius 3 is 2.75 bits per heavy atom. The van der Waals surface area contributed by atoms with E-state index in [1.54, 1.807) is 17.0 Å². The molecule has 1 atom stereocenters. The molecule has 4 heterocycles. The van der Waals surface area contributed by atoms with Crippen molar-refractivity contribution in [1.29, 1.82) is 0 Å². The van der Waals surface area contributed by atoms with Crippen molar-refractivity contribution >= 4 is 34.6 Å². The van der Waals surface area contributed by atoms with Crippen molar-refractivity contribution in [3.05, 3.63) is 22.7 Å². The molecule has 3 aliphatic heterocycles. The summed E-state index contributed by atoms with van der Waals surface area (Å²) in [6.07, 6.45) is 2.31. The fraction of sp³-hybridized carbons (Fsp3) is 0.529. The van der Waals surface area contributed by atoms with Crippen LogP contribution in [0.3, 0.4) is 0 Å². The van der Waals surface area contributed by atoms with E-state index in [9.17, 15) is 4.79 Å². The van der Waals surface area contributed by atoms with Crippen LogP contribution in [0.2, 0.25) is 5.02 Å². The highest BCUT2D eigenvalue weighted by molar-refractivity contribution is 6.32. The van der Waals surface area contributed by atoms with Crippen LogP contribution in [-0.4, -0.2) is 55.6 Å². The lowest BCUT2D eigenvalue weighted by molar-refractivity contribution is 0.0621. The number of fused-ring (bicyclic) bond motifs is 4. The maximum Gasteiger partial charge on any atom is 0.297 e. The number of nitrogens with one attached hydrogen (secondary N) is 1. The third kappa shape index (κ3) is 2.74. The first-order valence-electron chi connectivity index (χ1n) is 8.32. The second-order valence-corrected chi connectivity index (χ2v) is 7.35. The van der Waals surface area contributed by atoms with E-state index in [0.717, 1.165) is 32.5 Å². The van der Waals surface area contributed by atoms with Crippen LogP contribution in [0.25, 0.3) is 11.1 Å². The van der Waals surface area contributed by atoms with Crippen molar-refractivity contribution in [3.63, 3.8) is 0 Å². The van der Waals surface area contributed by atoms with Gasteiger partial charge in [-0.15, -0.1) is 0 Å². The third-order valence-electron chi connectivity index (χ3n) is 5.05. The molecule has 3 fully saturated rings. The fourth-order valence-corrected chi connectivity index (χ4v) is 3.93. The Balaban J connectivity index is 1.64. The maximum atomic E-state index is 12.9. The van der Waals surface area contributed by atoms with Crippen LogP contribution < -0.4 is 10.2 Å². The zero-order valence-electron chi connectivity index (χ0n) is 13.9. The number of nitrogens with zero attached hydrogens (tertiary/aromatic N) is 3. The standard InChI is InChI=1S/C17H21ClN4O2/c1-21(2)17-20-15-12(7-11(18)8-14(15)24-17)16(23)19-13-9-22-5-3-10(13)4-6-22/h7-8,10,13H,3-6,9H2,1-2H3,(H,19,23).